The Bertz CT molecular complexity index is 1520. The maximum atomic E-state index is 12.3. The number of hydrogen-bond acceptors (Lipinski definition) is 5. The van der Waals surface area contributed by atoms with Crippen molar-refractivity contribution in [1.82, 2.24) is 0 Å². The number of unbranched alkanes of at least 4 members (excludes halogenated alkanes) is 13. The van der Waals surface area contributed by atoms with Crippen LogP contribution in [0.5, 0.6) is 0 Å². The lowest BCUT2D eigenvalue weighted by Crippen LogP contribution is -2.28. The molecule has 0 heterocycles. The Labute approximate surface area is 418 Å². The number of rotatable bonds is 47. The van der Waals surface area contributed by atoms with Crippen LogP contribution in [0.1, 0.15) is 206 Å². The highest BCUT2D eigenvalue weighted by molar-refractivity contribution is 5.70. The van der Waals surface area contributed by atoms with Crippen molar-refractivity contribution >= 4 is 11.9 Å². The van der Waals surface area contributed by atoms with Crippen LogP contribution >= 0.6 is 0 Å². The standard InChI is InChI=1S/C63H98O5/c1-3-5-7-9-11-13-15-17-19-20-21-22-23-24-25-26-27-28-29-30-31-32-33-34-35-36-37-38-39-40-41-42-44-46-48-50-52-54-56-58-63(66)68-61(59-64)60-67-62(65)57-55-53-51-49-47-45-43-18-16-14-12-10-8-6-4-2/h5,7,11,13,17-19,21-22,24-25,27-28,30-31,33-34,36-37,39-40,42-44,48,50,61,64H,3-4,6,8-10,12,14-16,20,23,26,29,32,35,38,41,45-47,49,51-60H2,1-2H3/b7-5-,13-11-,19-17-,22-21-,25-24-,28-27-,31-30-,34-33-,37-36-,40-39-,43-18-,44-42-,50-48-. The summed E-state index contributed by atoms with van der Waals surface area (Å²) < 4.78 is 10.6. The van der Waals surface area contributed by atoms with Gasteiger partial charge in [-0.1, -0.05) is 223 Å². The molecule has 0 fully saturated rings. The molecule has 0 aromatic rings. The quantitative estimate of drug-likeness (QED) is 0.0374. The molecule has 0 aliphatic heterocycles. The average molecular weight is 935 g/mol. The first kappa shape index (κ1) is 63.5. The van der Waals surface area contributed by atoms with E-state index in [2.05, 4.69) is 172 Å². The van der Waals surface area contributed by atoms with Gasteiger partial charge in [0.2, 0.25) is 0 Å². The van der Waals surface area contributed by atoms with E-state index in [0.717, 1.165) is 116 Å². The second-order valence-corrected chi connectivity index (χ2v) is 17.2. The van der Waals surface area contributed by atoms with E-state index in [1.807, 2.05) is 0 Å². The fourth-order valence-electron chi connectivity index (χ4n) is 6.76. The van der Waals surface area contributed by atoms with Crippen LogP contribution in [0.3, 0.4) is 0 Å². The molecule has 5 nitrogen and oxygen atoms in total. The summed E-state index contributed by atoms with van der Waals surface area (Å²) >= 11 is 0. The van der Waals surface area contributed by atoms with Crippen LogP contribution in [0, 0.1) is 0 Å². The lowest BCUT2D eigenvalue weighted by molar-refractivity contribution is -0.161. The summed E-state index contributed by atoms with van der Waals surface area (Å²) in [5, 5.41) is 9.61. The molecule has 1 N–H and O–H groups in total. The second-order valence-electron chi connectivity index (χ2n) is 17.2. The number of esters is 2. The fourth-order valence-corrected chi connectivity index (χ4v) is 6.76. The first-order valence-corrected chi connectivity index (χ1v) is 27.0. The van der Waals surface area contributed by atoms with Crippen molar-refractivity contribution in [1.29, 1.82) is 0 Å². The van der Waals surface area contributed by atoms with Crippen molar-refractivity contribution in [2.75, 3.05) is 13.2 Å². The van der Waals surface area contributed by atoms with Crippen LogP contribution in [0.2, 0.25) is 0 Å². The largest absolute Gasteiger partial charge is 0.462 e. The molecule has 0 spiro atoms. The zero-order chi connectivity index (χ0) is 49.2. The summed E-state index contributed by atoms with van der Waals surface area (Å²) in [6.45, 7) is 3.96. The Hall–Kier alpha value is -4.48. The Balaban J connectivity index is 3.72. The number of carbonyl (C=O) groups excluding carboxylic acids is 2. The lowest BCUT2D eigenvalue weighted by atomic mass is 10.1. The van der Waals surface area contributed by atoms with Gasteiger partial charge in [-0.15, -0.1) is 0 Å². The Morgan fingerprint density at radius 1 is 0.353 bits per heavy atom. The van der Waals surface area contributed by atoms with Crippen molar-refractivity contribution in [3.05, 3.63) is 158 Å². The van der Waals surface area contributed by atoms with E-state index in [-0.39, 0.29) is 31.6 Å². The molecule has 0 radical (unpaired) electrons. The Morgan fingerprint density at radius 3 is 1.00 bits per heavy atom. The molecule has 0 aliphatic rings. The van der Waals surface area contributed by atoms with Gasteiger partial charge < -0.3 is 14.6 Å². The highest BCUT2D eigenvalue weighted by atomic mass is 16.6. The summed E-state index contributed by atoms with van der Waals surface area (Å²) in [7, 11) is 0. The van der Waals surface area contributed by atoms with Gasteiger partial charge in [0.25, 0.3) is 0 Å². The van der Waals surface area contributed by atoms with Crippen LogP contribution in [0.25, 0.3) is 0 Å². The minimum Gasteiger partial charge on any atom is -0.462 e. The van der Waals surface area contributed by atoms with Gasteiger partial charge in [-0.2, -0.15) is 0 Å². The maximum absolute atomic E-state index is 12.3. The molecule has 0 rings (SSSR count). The minimum atomic E-state index is -0.810. The molecule has 380 valence electrons. The van der Waals surface area contributed by atoms with E-state index in [1.54, 1.807) is 0 Å². The normalized spacial score (nSPS) is 13.5. The van der Waals surface area contributed by atoms with Gasteiger partial charge in [-0.3, -0.25) is 9.59 Å². The molecule has 68 heavy (non-hydrogen) atoms. The zero-order valence-corrected chi connectivity index (χ0v) is 43.3. The number of carbonyl (C=O) groups is 2. The molecule has 0 aliphatic carbocycles. The smallest absolute Gasteiger partial charge is 0.306 e. The van der Waals surface area contributed by atoms with E-state index in [4.69, 9.17) is 9.47 Å². The first-order valence-electron chi connectivity index (χ1n) is 27.0. The first-order chi connectivity index (χ1) is 33.6. The summed E-state index contributed by atoms with van der Waals surface area (Å²) in [5.41, 5.74) is 0. The van der Waals surface area contributed by atoms with Crippen LogP contribution < -0.4 is 0 Å². The summed E-state index contributed by atoms with van der Waals surface area (Å²) in [5.74, 6) is -0.664. The summed E-state index contributed by atoms with van der Waals surface area (Å²) in [6, 6.07) is 0. The molecular formula is C63H98O5. The Kier molecular flexibility index (Phi) is 53.1. The van der Waals surface area contributed by atoms with Gasteiger partial charge in [-0.25, -0.2) is 0 Å². The van der Waals surface area contributed by atoms with Crippen LogP contribution in [0.15, 0.2) is 158 Å². The number of ether oxygens (including phenoxy) is 2. The number of aliphatic hydroxyl groups excluding tert-OH is 1. The van der Waals surface area contributed by atoms with Gasteiger partial charge in [0, 0.05) is 12.8 Å². The summed E-state index contributed by atoms with van der Waals surface area (Å²) in [6.07, 6.45) is 87.7. The van der Waals surface area contributed by atoms with Crippen molar-refractivity contribution < 1.29 is 24.2 Å². The number of allylic oxidation sites excluding steroid dienone is 26. The monoisotopic (exact) mass is 935 g/mol. The SMILES string of the molecule is CC/C=C\C/C=C\C/C=C\C/C=C\C/C=C\C/C=C\C/C=C\C/C=C\C/C=C\C/C=C\C/C=C\C/C=C\CCCCC(=O)OC(CO)COC(=O)CCCCCCC/C=C\CCCCCCCC. The van der Waals surface area contributed by atoms with E-state index in [0.29, 0.717) is 12.8 Å². The molecule has 0 bridgehead atoms. The molecule has 1 unspecified atom stereocenters. The highest BCUT2D eigenvalue weighted by Gasteiger charge is 2.16. The molecule has 0 aromatic carbocycles. The van der Waals surface area contributed by atoms with Crippen molar-refractivity contribution in [3.8, 4) is 0 Å². The van der Waals surface area contributed by atoms with Gasteiger partial charge >= 0.3 is 11.9 Å². The second kappa shape index (κ2) is 56.8. The third kappa shape index (κ3) is 54.1. The molecule has 0 aromatic heterocycles. The van der Waals surface area contributed by atoms with Crippen LogP contribution in [-0.2, 0) is 19.1 Å². The topological polar surface area (TPSA) is 72.8 Å². The lowest BCUT2D eigenvalue weighted by Gasteiger charge is -2.15. The van der Waals surface area contributed by atoms with Gasteiger partial charge in [-0.05, 0) is 128 Å². The maximum Gasteiger partial charge on any atom is 0.306 e. The molecule has 0 saturated heterocycles. The highest BCUT2D eigenvalue weighted by Crippen LogP contribution is 2.11. The third-order valence-corrected chi connectivity index (χ3v) is 10.8. The van der Waals surface area contributed by atoms with Gasteiger partial charge in [0.1, 0.15) is 6.61 Å². The van der Waals surface area contributed by atoms with E-state index < -0.39 is 6.10 Å². The predicted molar refractivity (Wildman–Crippen MR) is 297 cm³/mol. The van der Waals surface area contributed by atoms with Gasteiger partial charge in [0.15, 0.2) is 6.10 Å². The summed E-state index contributed by atoms with van der Waals surface area (Å²) in [4.78, 5) is 24.4. The Morgan fingerprint density at radius 2 is 0.632 bits per heavy atom. The van der Waals surface area contributed by atoms with E-state index >= 15 is 0 Å². The molecule has 5 heteroatoms. The fraction of sp³-hybridized carbons (Fsp3) is 0.556. The van der Waals surface area contributed by atoms with Crippen molar-refractivity contribution in [2.24, 2.45) is 0 Å². The molecule has 0 amide bonds. The molecular weight excluding hydrogens is 837 g/mol. The average Bonchev–Trinajstić information content (AvgIpc) is 3.34. The van der Waals surface area contributed by atoms with E-state index in [1.165, 1.54) is 57.8 Å². The van der Waals surface area contributed by atoms with Crippen LogP contribution in [-0.4, -0.2) is 36.4 Å². The number of aliphatic hydroxyl groups is 1. The number of hydrogen-bond donors (Lipinski definition) is 1. The predicted octanol–water partition coefficient (Wildman–Crippen LogP) is 18.4. The minimum absolute atomic E-state index is 0.0974. The molecule has 1 atom stereocenters. The van der Waals surface area contributed by atoms with Crippen molar-refractivity contribution in [2.45, 2.75) is 213 Å². The van der Waals surface area contributed by atoms with Gasteiger partial charge in [0.05, 0.1) is 6.61 Å². The van der Waals surface area contributed by atoms with E-state index in [9.17, 15) is 14.7 Å². The van der Waals surface area contributed by atoms with Crippen molar-refractivity contribution in [3.63, 3.8) is 0 Å². The molecule has 0 saturated carbocycles. The third-order valence-electron chi connectivity index (χ3n) is 10.8. The zero-order valence-electron chi connectivity index (χ0n) is 43.3. The van der Waals surface area contributed by atoms with Crippen LogP contribution in [0.4, 0.5) is 0 Å².